The van der Waals surface area contributed by atoms with Crippen molar-refractivity contribution < 1.29 is 4.42 Å². The van der Waals surface area contributed by atoms with E-state index < -0.39 is 0 Å². The van der Waals surface area contributed by atoms with Gasteiger partial charge in [-0.3, -0.25) is 4.90 Å². The SMILES string of the molecule is CC1CCN(Cc2ncc(-c3cccc(Cl)c3)o2)CC1CN.Cl. The number of halogens is 2. The van der Waals surface area contributed by atoms with Crippen LogP contribution in [0, 0.1) is 11.8 Å². The number of hydrogen-bond donors (Lipinski definition) is 1. The first-order chi connectivity index (χ1) is 10.7. The molecule has 2 heterocycles. The van der Waals surface area contributed by atoms with Crippen molar-refractivity contribution in [2.24, 2.45) is 17.6 Å². The molecule has 2 atom stereocenters. The van der Waals surface area contributed by atoms with E-state index in [1.807, 2.05) is 24.3 Å². The number of nitrogens with two attached hydrogens (primary N) is 1. The molecule has 1 aliphatic heterocycles. The molecule has 0 saturated carbocycles. The second kappa shape index (κ2) is 8.15. The largest absolute Gasteiger partial charge is 0.439 e. The standard InChI is InChI=1S/C17H22ClN3O.ClH/c1-12-5-6-21(10-14(12)8-19)11-17-20-9-16(22-17)13-3-2-4-15(18)7-13;/h2-4,7,9,12,14H,5-6,8,10-11,19H2,1H3;1H. The lowest BCUT2D eigenvalue weighted by atomic mass is 9.87. The molecule has 0 spiro atoms. The third-order valence-corrected chi connectivity index (χ3v) is 4.76. The fraction of sp³-hybridized carbons (Fsp3) is 0.471. The Morgan fingerprint density at radius 1 is 1.43 bits per heavy atom. The molecule has 6 heteroatoms. The van der Waals surface area contributed by atoms with E-state index in [2.05, 4.69) is 16.8 Å². The van der Waals surface area contributed by atoms with E-state index in [1.165, 1.54) is 6.42 Å². The Balaban J connectivity index is 0.00000192. The van der Waals surface area contributed by atoms with Gasteiger partial charge in [0.1, 0.15) is 0 Å². The van der Waals surface area contributed by atoms with E-state index >= 15 is 0 Å². The molecule has 0 aliphatic carbocycles. The Morgan fingerprint density at radius 2 is 2.26 bits per heavy atom. The van der Waals surface area contributed by atoms with Crippen LogP contribution in [0.25, 0.3) is 11.3 Å². The van der Waals surface area contributed by atoms with Crippen LogP contribution in [0.4, 0.5) is 0 Å². The molecule has 1 aromatic heterocycles. The van der Waals surface area contributed by atoms with Crippen LogP contribution in [0.5, 0.6) is 0 Å². The quantitative estimate of drug-likeness (QED) is 0.905. The van der Waals surface area contributed by atoms with Gasteiger partial charge in [0.05, 0.1) is 12.7 Å². The van der Waals surface area contributed by atoms with E-state index in [0.29, 0.717) is 16.9 Å². The zero-order valence-corrected chi connectivity index (χ0v) is 14.8. The number of piperidine rings is 1. The summed E-state index contributed by atoms with van der Waals surface area (Å²) in [6.45, 7) is 5.87. The van der Waals surface area contributed by atoms with E-state index in [9.17, 15) is 0 Å². The Morgan fingerprint density at radius 3 is 3.00 bits per heavy atom. The predicted octanol–water partition coefficient (Wildman–Crippen LogP) is 3.83. The van der Waals surface area contributed by atoms with E-state index in [1.54, 1.807) is 6.20 Å². The molecule has 1 aromatic carbocycles. The first kappa shape index (κ1) is 18.3. The van der Waals surface area contributed by atoms with Crippen molar-refractivity contribution in [1.29, 1.82) is 0 Å². The highest BCUT2D eigenvalue weighted by Crippen LogP contribution is 2.26. The highest BCUT2D eigenvalue weighted by atomic mass is 35.5. The Hall–Kier alpha value is -1.07. The molecule has 1 aliphatic rings. The minimum atomic E-state index is 0. The van der Waals surface area contributed by atoms with Gasteiger partial charge in [0.25, 0.3) is 0 Å². The van der Waals surface area contributed by atoms with Gasteiger partial charge in [-0.05, 0) is 43.5 Å². The lowest BCUT2D eigenvalue weighted by Gasteiger charge is -2.35. The van der Waals surface area contributed by atoms with Gasteiger partial charge in [0, 0.05) is 17.1 Å². The van der Waals surface area contributed by atoms with Crippen LogP contribution in [-0.4, -0.2) is 29.5 Å². The van der Waals surface area contributed by atoms with Gasteiger partial charge in [-0.25, -0.2) is 4.98 Å². The van der Waals surface area contributed by atoms with E-state index in [0.717, 1.165) is 43.4 Å². The van der Waals surface area contributed by atoms with Crippen LogP contribution in [0.3, 0.4) is 0 Å². The average Bonchev–Trinajstić information content (AvgIpc) is 2.98. The maximum Gasteiger partial charge on any atom is 0.209 e. The Labute approximate surface area is 148 Å². The molecule has 1 fully saturated rings. The summed E-state index contributed by atoms with van der Waals surface area (Å²) < 4.78 is 5.88. The van der Waals surface area contributed by atoms with Crippen molar-refractivity contribution in [3.63, 3.8) is 0 Å². The third-order valence-electron chi connectivity index (χ3n) is 4.52. The normalized spacial score (nSPS) is 21.9. The molecular formula is C17H23Cl2N3O. The number of rotatable bonds is 4. The Kier molecular flexibility index (Phi) is 6.48. The van der Waals surface area contributed by atoms with Crippen LogP contribution in [0.2, 0.25) is 5.02 Å². The summed E-state index contributed by atoms with van der Waals surface area (Å²) in [5.74, 6) is 2.78. The summed E-state index contributed by atoms with van der Waals surface area (Å²) in [6, 6.07) is 7.63. The molecule has 126 valence electrons. The molecular weight excluding hydrogens is 333 g/mol. The second-order valence-electron chi connectivity index (χ2n) is 6.13. The number of benzene rings is 1. The molecule has 23 heavy (non-hydrogen) atoms. The summed E-state index contributed by atoms with van der Waals surface area (Å²) in [5, 5.41) is 0.700. The smallest absolute Gasteiger partial charge is 0.209 e. The summed E-state index contributed by atoms with van der Waals surface area (Å²) >= 11 is 6.02. The Bertz CT molecular complexity index is 632. The van der Waals surface area contributed by atoms with Gasteiger partial charge in [-0.1, -0.05) is 30.7 Å². The van der Waals surface area contributed by atoms with Gasteiger partial charge < -0.3 is 10.2 Å². The maximum absolute atomic E-state index is 6.02. The van der Waals surface area contributed by atoms with Crippen molar-refractivity contribution in [2.45, 2.75) is 19.9 Å². The zero-order chi connectivity index (χ0) is 15.5. The van der Waals surface area contributed by atoms with Crippen molar-refractivity contribution >= 4 is 24.0 Å². The maximum atomic E-state index is 6.02. The topological polar surface area (TPSA) is 55.3 Å². The summed E-state index contributed by atoms with van der Waals surface area (Å²) in [4.78, 5) is 6.78. The number of aromatic nitrogens is 1. The molecule has 0 amide bonds. The highest BCUT2D eigenvalue weighted by Gasteiger charge is 2.25. The third kappa shape index (κ3) is 4.48. The monoisotopic (exact) mass is 355 g/mol. The van der Waals surface area contributed by atoms with E-state index in [4.69, 9.17) is 21.8 Å². The average molecular weight is 356 g/mol. The van der Waals surface area contributed by atoms with Crippen molar-refractivity contribution in [2.75, 3.05) is 19.6 Å². The van der Waals surface area contributed by atoms with Crippen LogP contribution in [-0.2, 0) is 6.54 Å². The van der Waals surface area contributed by atoms with Gasteiger partial charge in [-0.15, -0.1) is 12.4 Å². The highest BCUT2D eigenvalue weighted by molar-refractivity contribution is 6.30. The summed E-state index contributed by atoms with van der Waals surface area (Å²) in [7, 11) is 0. The lowest BCUT2D eigenvalue weighted by Crippen LogP contribution is -2.42. The number of likely N-dealkylation sites (tertiary alicyclic amines) is 1. The minimum absolute atomic E-state index is 0. The molecule has 2 N–H and O–H groups in total. The number of nitrogens with zero attached hydrogens (tertiary/aromatic N) is 2. The molecule has 2 unspecified atom stereocenters. The molecule has 1 saturated heterocycles. The minimum Gasteiger partial charge on any atom is -0.439 e. The van der Waals surface area contributed by atoms with Gasteiger partial charge in [0.2, 0.25) is 5.89 Å². The fourth-order valence-corrected chi connectivity index (χ4v) is 3.22. The summed E-state index contributed by atoms with van der Waals surface area (Å²) in [6.07, 6.45) is 2.96. The number of oxazole rings is 1. The molecule has 4 nitrogen and oxygen atoms in total. The first-order valence-electron chi connectivity index (χ1n) is 7.78. The van der Waals surface area contributed by atoms with Gasteiger partial charge in [-0.2, -0.15) is 0 Å². The van der Waals surface area contributed by atoms with Gasteiger partial charge >= 0.3 is 0 Å². The second-order valence-corrected chi connectivity index (χ2v) is 6.56. The first-order valence-corrected chi connectivity index (χ1v) is 8.16. The van der Waals surface area contributed by atoms with Crippen molar-refractivity contribution in [3.05, 3.63) is 41.4 Å². The molecule has 0 bridgehead atoms. The zero-order valence-electron chi connectivity index (χ0n) is 13.2. The van der Waals surface area contributed by atoms with Crippen molar-refractivity contribution in [1.82, 2.24) is 9.88 Å². The van der Waals surface area contributed by atoms with E-state index in [-0.39, 0.29) is 12.4 Å². The van der Waals surface area contributed by atoms with Crippen LogP contribution in [0.1, 0.15) is 19.2 Å². The lowest BCUT2D eigenvalue weighted by molar-refractivity contribution is 0.117. The van der Waals surface area contributed by atoms with Crippen LogP contribution < -0.4 is 5.73 Å². The molecule has 2 aromatic rings. The molecule has 3 rings (SSSR count). The van der Waals surface area contributed by atoms with Crippen molar-refractivity contribution in [3.8, 4) is 11.3 Å². The fourth-order valence-electron chi connectivity index (χ4n) is 3.03. The van der Waals surface area contributed by atoms with Crippen LogP contribution >= 0.6 is 24.0 Å². The van der Waals surface area contributed by atoms with Gasteiger partial charge in [0.15, 0.2) is 5.76 Å². The summed E-state index contributed by atoms with van der Waals surface area (Å²) in [5.41, 5.74) is 6.82. The van der Waals surface area contributed by atoms with Crippen LogP contribution in [0.15, 0.2) is 34.9 Å². The molecule has 0 radical (unpaired) electrons. The predicted molar refractivity (Wildman–Crippen MR) is 95.8 cm³/mol. The number of hydrogen-bond acceptors (Lipinski definition) is 4.